The van der Waals surface area contributed by atoms with Gasteiger partial charge in [-0.1, -0.05) is 61.5 Å². The first kappa shape index (κ1) is 16.9. The molecule has 0 atom stereocenters. The largest absolute Gasteiger partial charge is 0.159 e. The number of nitrogens with zero attached hydrogens (tertiary/aromatic N) is 2. The van der Waals surface area contributed by atoms with E-state index >= 15 is 0 Å². The number of aryl methyl sites for hydroxylation is 2. The Kier molecular flexibility index (Phi) is 6.99. The highest BCUT2D eigenvalue weighted by Crippen LogP contribution is 2.07. The molecule has 0 aromatic heterocycles. The van der Waals surface area contributed by atoms with E-state index in [2.05, 4.69) is 72.2 Å². The smallest absolute Gasteiger partial charge is 0.0568 e. The van der Waals surface area contributed by atoms with Crippen molar-refractivity contribution in [3.63, 3.8) is 0 Å². The first-order valence-corrected chi connectivity index (χ1v) is 8.17. The van der Waals surface area contributed by atoms with E-state index in [4.69, 9.17) is 0 Å². The Bertz CT molecular complexity index is 649. The summed E-state index contributed by atoms with van der Waals surface area (Å²) < 4.78 is 0. The molecule has 0 amide bonds. The first-order valence-electron chi connectivity index (χ1n) is 8.17. The van der Waals surface area contributed by atoms with Crippen molar-refractivity contribution in [2.75, 3.05) is 0 Å². The molecule has 2 aromatic carbocycles. The third-order valence-electron chi connectivity index (χ3n) is 3.72. The first-order chi connectivity index (χ1) is 11.3. The maximum atomic E-state index is 4.12. The third-order valence-corrected chi connectivity index (χ3v) is 3.72. The van der Waals surface area contributed by atoms with Crippen LogP contribution in [0.4, 0.5) is 0 Å². The third kappa shape index (κ3) is 6.03. The van der Waals surface area contributed by atoms with Gasteiger partial charge in [0, 0.05) is 0 Å². The lowest BCUT2D eigenvalue weighted by atomic mass is 10.1. The summed E-state index contributed by atoms with van der Waals surface area (Å²) in [5, 5.41) is 8.22. The van der Waals surface area contributed by atoms with Crippen molar-refractivity contribution >= 4 is 12.4 Å². The summed E-state index contributed by atoms with van der Waals surface area (Å²) in [5.74, 6) is 0. The standard InChI is InChI=1S/C21H24N2/c1-3-5-6-7-19-10-14-21(15-11-19)17-23-22-16-20-12-8-18(4-2)9-13-20/h3,8-17H,1,4-7H2,2H3. The van der Waals surface area contributed by atoms with Gasteiger partial charge in [0.25, 0.3) is 0 Å². The summed E-state index contributed by atoms with van der Waals surface area (Å²) >= 11 is 0. The average molecular weight is 304 g/mol. The van der Waals surface area contributed by atoms with Gasteiger partial charge < -0.3 is 0 Å². The zero-order valence-corrected chi connectivity index (χ0v) is 13.8. The molecule has 2 nitrogen and oxygen atoms in total. The topological polar surface area (TPSA) is 24.7 Å². The van der Waals surface area contributed by atoms with Crippen LogP contribution in [0.5, 0.6) is 0 Å². The maximum absolute atomic E-state index is 4.12. The number of rotatable bonds is 8. The number of hydrogen-bond donors (Lipinski definition) is 0. The molecular weight excluding hydrogens is 280 g/mol. The molecule has 0 aliphatic carbocycles. The Morgan fingerprint density at radius 3 is 1.83 bits per heavy atom. The minimum absolute atomic E-state index is 1.05. The van der Waals surface area contributed by atoms with Gasteiger partial charge >= 0.3 is 0 Å². The van der Waals surface area contributed by atoms with Crippen molar-refractivity contribution in [1.29, 1.82) is 0 Å². The summed E-state index contributed by atoms with van der Waals surface area (Å²) in [6.07, 6.45) is 9.89. The maximum Gasteiger partial charge on any atom is 0.0568 e. The van der Waals surface area contributed by atoms with Crippen LogP contribution in [0.3, 0.4) is 0 Å². The highest BCUT2D eigenvalue weighted by molar-refractivity contribution is 5.82. The lowest BCUT2D eigenvalue weighted by Gasteiger charge is -1.99. The minimum Gasteiger partial charge on any atom is -0.159 e. The van der Waals surface area contributed by atoms with Crippen LogP contribution in [-0.4, -0.2) is 12.4 Å². The Morgan fingerprint density at radius 1 is 0.826 bits per heavy atom. The Labute approximate surface area is 139 Å². The van der Waals surface area contributed by atoms with Crippen molar-refractivity contribution in [2.45, 2.75) is 32.6 Å². The zero-order chi connectivity index (χ0) is 16.3. The summed E-state index contributed by atoms with van der Waals surface area (Å²) in [7, 11) is 0. The molecule has 0 spiro atoms. The molecule has 0 radical (unpaired) electrons. The van der Waals surface area contributed by atoms with Crippen molar-refractivity contribution in [3.05, 3.63) is 83.4 Å². The molecule has 0 heterocycles. The summed E-state index contributed by atoms with van der Waals surface area (Å²) in [5.41, 5.74) is 4.82. The van der Waals surface area contributed by atoms with Gasteiger partial charge in [0.15, 0.2) is 0 Å². The fraction of sp³-hybridized carbons (Fsp3) is 0.238. The highest BCUT2D eigenvalue weighted by atomic mass is 15.2. The Balaban J connectivity index is 1.86. The van der Waals surface area contributed by atoms with E-state index < -0.39 is 0 Å². The summed E-state index contributed by atoms with van der Waals surface area (Å²) in [6.45, 7) is 5.90. The fourth-order valence-electron chi connectivity index (χ4n) is 2.26. The number of allylic oxidation sites excluding steroid dienone is 1. The molecule has 0 aliphatic heterocycles. The van der Waals surface area contributed by atoms with Gasteiger partial charge in [-0.15, -0.1) is 6.58 Å². The predicted molar refractivity (Wildman–Crippen MR) is 101 cm³/mol. The van der Waals surface area contributed by atoms with Gasteiger partial charge in [-0.2, -0.15) is 10.2 Å². The molecule has 118 valence electrons. The average Bonchev–Trinajstić information content (AvgIpc) is 2.61. The van der Waals surface area contributed by atoms with E-state index in [1.165, 1.54) is 11.1 Å². The van der Waals surface area contributed by atoms with Crippen LogP contribution in [0.2, 0.25) is 0 Å². The van der Waals surface area contributed by atoms with Crippen LogP contribution in [0.25, 0.3) is 0 Å². The van der Waals surface area contributed by atoms with Crippen LogP contribution in [0.15, 0.2) is 71.4 Å². The SMILES string of the molecule is C=CCCCc1ccc(C=NN=Cc2ccc(CC)cc2)cc1. The molecule has 0 saturated carbocycles. The summed E-state index contributed by atoms with van der Waals surface area (Å²) in [6, 6.07) is 16.8. The molecular formula is C21H24N2. The van der Waals surface area contributed by atoms with Gasteiger partial charge in [0.1, 0.15) is 0 Å². The predicted octanol–water partition coefficient (Wildman–Crippen LogP) is 5.21. The van der Waals surface area contributed by atoms with E-state index in [1.54, 1.807) is 12.4 Å². The number of hydrogen-bond acceptors (Lipinski definition) is 2. The van der Waals surface area contributed by atoms with Gasteiger partial charge in [0.2, 0.25) is 0 Å². The minimum atomic E-state index is 1.05. The lowest BCUT2D eigenvalue weighted by Crippen LogP contribution is -1.87. The summed E-state index contributed by atoms with van der Waals surface area (Å²) in [4.78, 5) is 0. The normalized spacial score (nSPS) is 11.3. The van der Waals surface area contributed by atoms with Crippen molar-refractivity contribution in [2.24, 2.45) is 10.2 Å². The monoisotopic (exact) mass is 304 g/mol. The molecule has 0 bridgehead atoms. The molecule has 23 heavy (non-hydrogen) atoms. The molecule has 2 heteroatoms. The van der Waals surface area contributed by atoms with E-state index in [9.17, 15) is 0 Å². The fourth-order valence-corrected chi connectivity index (χ4v) is 2.26. The molecule has 2 aromatic rings. The van der Waals surface area contributed by atoms with Gasteiger partial charge in [-0.25, -0.2) is 0 Å². The molecule has 0 unspecified atom stereocenters. The van der Waals surface area contributed by atoms with Crippen LogP contribution in [0.1, 0.15) is 42.0 Å². The van der Waals surface area contributed by atoms with Crippen molar-refractivity contribution in [1.82, 2.24) is 0 Å². The Morgan fingerprint density at radius 2 is 1.35 bits per heavy atom. The second kappa shape index (κ2) is 9.52. The zero-order valence-electron chi connectivity index (χ0n) is 13.8. The number of unbranched alkanes of at least 4 members (excludes halogenated alkanes) is 1. The van der Waals surface area contributed by atoms with Crippen molar-refractivity contribution in [3.8, 4) is 0 Å². The van der Waals surface area contributed by atoms with Crippen LogP contribution in [0, 0.1) is 0 Å². The molecule has 2 rings (SSSR count). The van der Waals surface area contributed by atoms with Crippen molar-refractivity contribution < 1.29 is 0 Å². The lowest BCUT2D eigenvalue weighted by molar-refractivity contribution is 0.844. The van der Waals surface area contributed by atoms with E-state index in [-0.39, 0.29) is 0 Å². The van der Waals surface area contributed by atoms with E-state index in [0.29, 0.717) is 0 Å². The molecule has 0 N–H and O–H groups in total. The van der Waals surface area contributed by atoms with Crippen LogP contribution < -0.4 is 0 Å². The van der Waals surface area contributed by atoms with E-state index in [0.717, 1.165) is 36.8 Å². The van der Waals surface area contributed by atoms with Gasteiger partial charge in [-0.3, -0.25) is 0 Å². The number of benzene rings is 2. The quantitative estimate of drug-likeness (QED) is 0.277. The van der Waals surface area contributed by atoms with Crippen LogP contribution in [-0.2, 0) is 12.8 Å². The molecule has 0 saturated heterocycles. The Hall–Kier alpha value is -2.48. The molecule has 0 aliphatic rings. The molecule has 0 fully saturated rings. The van der Waals surface area contributed by atoms with Crippen LogP contribution >= 0.6 is 0 Å². The van der Waals surface area contributed by atoms with Gasteiger partial charge in [-0.05, 0) is 47.9 Å². The highest BCUT2D eigenvalue weighted by Gasteiger charge is 1.93. The second-order valence-electron chi connectivity index (χ2n) is 5.51. The second-order valence-corrected chi connectivity index (χ2v) is 5.51. The van der Waals surface area contributed by atoms with Gasteiger partial charge in [0.05, 0.1) is 12.4 Å². The van der Waals surface area contributed by atoms with E-state index in [1.807, 2.05) is 6.08 Å².